The van der Waals surface area contributed by atoms with Crippen molar-refractivity contribution in [1.29, 1.82) is 0 Å². The third-order valence-corrected chi connectivity index (χ3v) is 1.10. The van der Waals surface area contributed by atoms with E-state index < -0.39 is 5.41 Å². The fourth-order valence-corrected chi connectivity index (χ4v) is 0.372. The van der Waals surface area contributed by atoms with Crippen LogP contribution in [0.15, 0.2) is 0 Å². The van der Waals surface area contributed by atoms with Crippen LogP contribution in [-0.4, -0.2) is 25.1 Å². The second-order valence-electron chi connectivity index (χ2n) is 1.84. The summed E-state index contributed by atoms with van der Waals surface area (Å²) in [5.41, 5.74) is -1.73. The van der Waals surface area contributed by atoms with Crippen molar-refractivity contribution >= 4 is 25.1 Å². The first-order valence-electron chi connectivity index (χ1n) is 2.57. The maximum Gasteiger partial charge on any atom is 0.143 e. The molecule has 4 heteroatoms. The number of carbonyl (C=O) groups excluding carboxylic acids is 4. The zero-order valence-electron chi connectivity index (χ0n) is 5.15. The van der Waals surface area contributed by atoms with Gasteiger partial charge in [0, 0.05) is 6.42 Å². The Balaban J connectivity index is 4.43. The first-order chi connectivity index (χ1) is 4.74. The van der Waals surface area contributed by atoms with Crippen LogP contribution in [0.5, 0.6) is 0 Å². The molecule has 54 valence electrons. The van der Waals surface area contributed by atoms with E-state index in [0.717, 1.165) is 0 Å². The SMILES string of the molecule is O=CCC(C=O)(C=O)C=O. The highest BCUT2D eigenvalue weighted by Crippen LogP contribution is 2.09. The molecule has 0 saturated heterocycles. The molecule has 0 aliphatic rings. The van der Waals surface area contributed by atoms with E-state index in [0.29, 0.717) is 6.29 Å². The molecule has 0 N–H and O–H groups in total. The summed E-state index contributed by atoms with van der Waals surface area (Å²) < 4.78 is 0. The van der Waals surface area contributed by atoms with Crippen molar-refractivity contribution in [3.8, 4) is 0 Å². The van der Waals surface area contributed by atoms with Crippen LogP contribution in [0.3, 0.4) is 0 Å². The molecule has 10 heavy (non-hydrogen) atoms. The summed E-state index contributed by atoms with van der Waals surface area (Å²) >= 11 is 0. The van der Waals surface area contributed by atoms with Crippen molar-refractivity contribution in [2.45, 2.75) is 6.42 Å². The smallest absolute Gasteiger partial charge is 0.143 e. The molecule has 0 amide bonds. The molecule has 0 aromatic carbocycles. The van der Waals surface area contributed by atoms with Crippen molar-refractivity contribution in [3.63, 3.8) is 0 Å². The minimum absolute atomic E-state index is 0.168. The lowest BCUT2D eigenvalue weighted by atomic mass is 9.91. The fraction of sp³-hybridized carbons (Fsp3) is 0.333. The molecule has 0 aromatic heterocycles. The molecule has 0 bridgehead atoms. The van der Waals surface area contributed by atoms with Crippen molar-refractivity contribution in [3.05, 3.63) is 0 Å². The van der Waals surface area contributed by atoms with E-state index in [1.54, 1.807) is 0 Å². The first kappa shape index (κ1) is 8.68. The van der Waals surface area contributed by atoms with Crippen molar-refractivity contribution in [1.82, 2.24) is 0 Å². The lowest BCUT2D eigenvalue weighted by Gasteiger charge is -2.06. The molecule has 0 aliphatic carbocycles. The summed E-state index contributed by atoms with van der Waals surface area (Å²) in [6.07, 6.45) is 0.491. The normalized spacial score (nSPS) is 10.0. The van der Waals surface area contributed by atoms with E-state index in [2.05, 4.69) is 0 Å². The number of hydrogen-bond acceptors (Lipinski definition) is 4. The average Bonchev–Trinajstić information content (AvgIpc) is 2.01. The van der Waals surface area contributed by atoms with E-state index in [4.69, 9.17) is 0 Å². The van der Waals surface area contributed by atoms with Gasteiger partial charge in [-0.1, -0.05) is 0 Å². The third-order valence-electron chi connectivity index (χ3n) is 1.10. The van der Waals surface area contributed by atoms with Crippen LogP contribution < -0.4 is 0 Å². The largest absolute Gasteiger partial charge is 0.303 e. The molecule has 0 aromatic rings. The molecular formula is C6H6O4. The second-order valence-corrected chi connectivity index (χ2v) is 1.84. The van der Waals surface area contributed by atoms with Gasteiger partial charge >= 0.3 is 0 Å². The molecular weight excluding hydrogens is 136 g/mol. The molecule has 0 spiro atoms. The minimum atomic E-state index is -1.73. The monoisotopic (exact) mass is 142 g/mol. The summed E-state index contributed by atoms with van der Waals surface area (Å²) in [6, 6.07) is 0. The quantitative estimate of drug-likeness (QED) is 0.370. The molecule has 0 rings (SSSR count). The summed E-state index contributed by atoms with van der Waals surface area (Å²) in [6.45, 7) is 0. The molecule has 0 atom stereocenters. The van der Waals surface area contributed by atoms with Crippen LogP contribution >= 0.6 is 0 Å². The Bertz CT molecular complexity index is 139. The Morgan fingerprint density at radius 3 is 1.40 bits per heavy atom. The van der Waals surface area contributed by atoms with Crippen LogP contribution in [0.25, 0.3) is 0 Å². The highest BCUT2D eigenvalue weighted by Gasteiger charge is 2.27. The van der Waals surface area contributed by atoms with E-state index in [1.807, 2.05) is 0 Å². The van der Waals surface area contributed by atoms with Gasteiger partial charge < -0.3 is 19.2 Å². The number of rotatable bonds is 5. The van der Waals surface area contributed by atoms with Gasteiger partial charge in [0.1, 0.15) is 30.6 Å². The van der Waals surface area contributed by atoms with Crippen LogP contribution in [0.1, 0.15) is 6.42 Å². The van der Waals surface area contributed by atoms with Crippen LogP contribution in [0, 0.1) is 5.41 Å². The van der Waals surface area contributed by atoms with Crippen LogP contribution in [-0.2, 0) is 19.2 Å². The molecule has 0 saturated carbocycles. The van der Waals surface area contributed by atoms with Gasteiger partial charge in [-0.2, -0.15) is 0 Å². The second kappa shape index (κ2) is 3.66. The van der Waals surface area contributed by atoms with E-state index in [-0.39, 0.29) is 25.3 Å². The van der Waals surface area contributed by atoms with Gasteiger partial charge in [0.25, 0.3) is 0 Å². The zero-order valence-corrected chi connectivity index (χ0v) is 5.15. The molecule has 0 aliphatic heterocycles. The maximum atomic E-state index is 10.1. The van der Waals surface area contributed by atoms with Crippen LogP contribution in [0.2, 0.25) is 0 Å². The highest BCUT2D eigenvalue weighted by molar-refractivity contribution is 6.03. The number of carbonyl (C=O) groups is 4. The maximum absolute atomic E-state index is 10.1. The van der Waals surface area contributed by atoms with E-state index >= 15 is 0 Å². The Hall–Kier alpha value is -1.32. The third kappa shape index (κ3) is 1.58. The van der Waals surface area contributed by atoms with Crippen molar-refractivity contribution in [2.75, 3.05) is 0 Å². The predicted molar refractivity (Wildman–Crippen MR) is 31.3 cm³/mol. The zero-order chi connectivity index (χ0) is 8.04. The van der Waals surface area contributed by atoms with Gasteiger partial charge in [0.05, 0.1) is 0 Å². The molecule has 0 fully saturated rings. The van der Waals surface area contributed by atoms with Crippen LogP contribution in [0.4, 0.5) is 0 Å². The summed E-state index contributed by atoms with van der Waals surface area (Å²) in [7, 11) is 0. The van der Waals surface area contributed by atoms with Crippen molar-refractivity contribution in [2.24, 2.45) is 5.41 Å². The van der Waals surface area contributed by atoms with Gasteiger partial charge in [-0.05, 0) is 0 Å². The van der Waals surface area contributed by atoms with E-state index in [9.17, 15) is 19.2 Å². The predicted octanol–water partition coefficient (Wildman–Crippen LogP) is -0.842. The Kier molecular flexibility index (Phi) is 3.17. The molecule has 4 nitrogen and oxygen atoms in total. The first-order valence-corrected chi connectivity index (χ1v) is 2.57. The minimum Gasteiger partial charge on any atom is -0.303 e. The summed E-state index contributed by atoms with van der Waals surface area (Å²) in [5.74, 6) is 0. The average molecular weight is 142 g/mol. The topological polar surface area (TPSA) is 68.3 Å². The summed E-state index contributed by atoms with van der Waals surface area (Å²) in [4.78, 5) is 40.0. The van der Waals surface area contributed by atoms with E-state index in [1.165, 1.54) is 0 Å². The fourth-order valence-electron chi connectivity index (χ4n) is 0.372. The lowest BCUT2D eigenvalue weighted by molar-refractivity contribution is -0.135. The Morgan fingerprint density at radius 1 is 0.900 bits per heavy atom. The van der Waals surface area contributed by atoms with Gasteiger partial charge in [-0.25, -0.2) is 0 Å². The Morgan fingerprint density at radius 2 is 1.30 bits per heavy atom. The Labute approximate surface area is 57.2 Å². The van der Waals surface area contributed by atoms with Gasteiger partial charge in [0.2, 0.25) is 0 Å². The molecule has 0 unspecified atom stereocenters. The van der Waals surface area contributed by atoms with Gasteiger partial charge in [-0.15, -0.1) is 0 Å². The number of aldehydes is 4. The summed E-state index contributed by atoms with van der Waals surface area (Å²) in [5, 5.41) is 0. The standard InChI is InChI=1S/C6H6O4/c7-2-1-6(3-8,4-9)5-10/h2-5H,1H2. The highest BCUT2D eigenvalue weighted by atomic mass is 16.2. The van der Waals surface area contributed by atoms with Gasteiger partial charge in [-0.3, -0.25) is 0 Å². The van der Waals surface area contributed by atoms with Gasteiger partial charge in [0.15, 0.2) is 0 Å². The van der Waals surface area contributed by atoms with Crippen molar-refractivity contribution < 1.29 is 19.2 Å². The lowest BCUT2D eigenvalue weighted by Crippen LogP contribution is -2.26. The molecule has 0 heterocycles. The molecule has 0 radical (unpaired) electrons. The number of hydrogen-bond donors (Lipinski definition) is 0.